The van der Waals surface area contributed by atoms with Crippen LogP contribution in [0.3, 0.4) is 0 Å². The Morgan fingerprint density at radius 1 is 1.14 bits per heavy atom. The molecular formula is C16H9ClFNO3. The Balaban J connectivity index is 1.93. The van der Waals surface area contributed by atoms with Gasteiger partial charge in [-0.15, -0.1) is 0 Å². The standard InChI is InChI=1S/C16H9ClFNO3/c17-12-7-11(5-6-13(12)18)14-8-19-15(22-14)9-1-3-10(4-2-9)16(20)21/h1-8H,(H,20,21). The van der Waals surface area contributed by atoms with Gasteiger partial charge in [-0.3, -0.25) is 0 Å². The highest BCUT2D eigenvalue weighted by atomic mass is 35.5. The van der Waals surface area contributed by atoms with Gasteiger partial charge in [0.05, 0.1) is 16.8 Å². The first kappa shape index (κ1) is 14.3. The number of hydrogen-bond acceptors (Lipinski definition) is 3. The molecule has 0 atom stereocenters. The normalized spacial score (nSPS) is 10.6. The van der Waals surface area contributed by atoms with Crippen LogP contribution in [0.5, 0.6) is 0 Å². The molecule has 0 aliphatic rings. The maximum absolute atomic E-state index is 13.2. The Bertz CT molecular complexity index is 843. The molecule has 6 heteroatoms. The molecule has 0 radical (unpaired) electrons. The number of halogens is 2. The van der Waals surface area contributed by atoms with E-state index in [1.54, 1.807) is 18.2 Å². The smallest absolute Gasteiger partial charge is 0.335 e. The molecule has 1 heterocycles. The summed E-state index contributed by atoms with van der Waals surface area (Å²) >= 11 is 5.74. The third-order valence-corrected chi connectivity index (χ3v) is 3.38. The van der Waals surface area contributed by atoms with Gasteiger partial charge in [0.1, 0.15) is 5.82 Å². The summed E-state index contributed by atoms with van der Waals surface area (Å²) in [7, 11) is 0. The van der Waals surface area contributed by atoms with E-state index in [4.69, 9.17) is 21.1 Å². The first-order valence-corrected chi connectivity index (χ1v) is 6.67. The molecule has 110 valence electrons. The van der Waals surface area contributed by atoms with Crippen LogP contribution < -0.4 is 0 Å². The van der Waals surface area contributed by atoms with Gasteiger partial charge in [-0.05, 0) is 42.5 Å². The molecule has 0 aliphatic carbocycles. The van der Waals surface area contributed by atoms with Crippen LogP contribution in [0.25, 0.3) is 22.8 Å². The number of hydrogen-bond donors (Lipinski definition) is 1. The zero-order valence-corrected chi connectivity index (χ0v) is 11.8. The quantitative estimate of drug-likeness (QED) is 0.772. The van der Waals surface area contributed by atoms with Crippen LogP contribution in [-0.4, -0.2) is 16.1 Å². The average molecular weight is 318 g/mol. The van der Waals surface area contributed by atoms with E-state index < -0.39 is 11.8 Å². The first-order chi connectivity index (χ1) is 10.5. The van der Waals surface area contributed by atoms with E-state index in [1.807, 2.05) is 0 Å². The second-order valence-electron chi connectivity index (χ2n) is 4.54. The lowest BCUT2D eigenvalue weighted by atomic mass is 10.1. The molecule has 0 aliphatic heterocycles. The van der Waals surface area contributed by atoms with Crippen molar-refractivity contribution in [1.29, 1.82) is 0 Å². The number of oxazole rings is 1. The maximum atomic E-state index is 13.2. The monoisotopic (exact) mass is 317 g/mol. The zero-order chi connectivity index (χ0) is 15.7. The number of carboxylic acid groups (broad SMARTS) is 1. The Morgan fingerprint density at radius 3 is 2.45 bits per heavy atom. The molecule has 4 nitrogen and oxygen atoms in total. The predicted octanol–water partition coefficient (Wildman–Crippen LogP) is 4.50. The van der Waals surface area contributed by atoms with Gasteiger partial charge in [-0.25, -0.2) is 14.2 Å². The molecule has 0 amide bonds. The van der Waals surface area contributed by atoms with Crippen LogP contribution >= 0.6 is 11.6 Å². The molecular weight excluding hydrogens is 309 g/mol. The molecule has 22 heavy (non-hydrogen) atoms. The average Bonchev–Trinajstić information content (AvgIpc) is 3.00. The fourth-order valence-electron chi connectivity index (χ4n) is 1.95. The molecule has 1 aromatic heterocycles. The molecule has 0 fully saturated rings. The van der Waals surface area contributed by atoms with E-state index in [0.29, 0.717) is 22.8 Å². The van der Waals surface area contributed by atoms with Gasteiger partial charge in [-0.2, -0.15) is 0 Å². The minimum Gasteiger partial charge on any atom is -0.478 e. The van der Waals surface area contributed by atoms with Crippen LogP contribution in [0.15, 0.2) is 53.1 Å². The van der Waals surface area contributed by atoms with E-state index in [1.165, 1.54) is 30.5 Å². The second kappa shape index (κ2) is 5.61. The summed E-state index contributed by atoms with van der Waals surface area (Å²) in [6.45, 7) is 0. The topological polar surface area (TPSA) is 63.3 Å². The third kappa shape index (κ3) is 2.71. The van der Waals surface area contributed by atoms with Crippen LogP contribution in [-0.2, 0) is 0 Å². The fraction of sp³-hybridized carbons (Fsp3) is 0. The van der Waals surface area contributed by atoms with Crippen molar-refractivity contribution in [3.05, 3.63) is 65.1 Å². The minimum absolute atomic E-state index is 0.00117. The predicted molar refractivity (Wildman–Crippen MR) is 79.3 cm³/mol. The molecule has 0 saturated carbocycles. The maximum Gasteiger partial charge on any atom is 0.335 e. The van der Waals surface area contributed by atoms with Crippen molar-refractivity contribution in [2.24, 2.45) is 0 Å². The van der Waals surface area contributed by atoms with Gasteiger partial charge >= 0.3 is 5.97 Å². The lowest BCUT2D eigenvalue weighted by Crippen LogP contribution is -1.94. The molecule has 0 bridgehead atoms. The number of aromatic nitrogens is 1. The van der Waals surface area contributed by atoms with Crippen molar-refractivity contribution in [1.82, 2.24) is 4.98 Å². The Kier molecular flexibility index (Phi) is 3.65. The summed E-state index contributed by atoms with van der Waals surface area (Å²) in [6, 6.07) is 10.4. The lowest BCUT2D eigenvalue weighted by Gasteiger charge is -1.99. The largest absolute Gasteiger partial charge is 0.478 e. The summed E-state index contributed by atoms with van der Waals surface area (Å²) < 4.78 is 18.8. The summed E-state index contributed by atoms with van der Waals surface area (Å²) in [5, 5.41) is 8.87. The second-order valence-corrected chi connectivity index (χ2v) is 4.95. The van der Waals surface area contributed by atoms with Crippen molar-refractivity contribution in [2.45, 2.75) is 0 Å². The Morgan fingerprint density at radius 2 is 1.82 bits per heavy atom. The van der Waals surface area contributed by atoms with Crippen molar-refractivity contribution in [3.63, 3.8) is 0 Å². The van der Waals surface area contributed by atoms with Crippen molar-refractivity contribution in [2.75, 3.05) is 0 Å². The van der Waals surface area contributed by atoms with Gasteiger partial charge in [-0.1, -0.05) is 11.6 Å². The zero-order valence-electron chi connectivity index (χ0n) is 11.1. The van der Waals surface area contributed by atoms with Crippen LogP contribution in [0.4, 0.5) is 4.39 Å². The van der Waals surface area contributed by atoms with E-state index in [9.17, 15) is 9.18 Å². The number of aromatic carboxylic acids is 1. The molecule has 3 rings (SSSR count). The number of nitrogens with zero attached hydrogens (tertiary/aromatic N) is 1. The highest BCUT2D eigenvalue weighted by Gasteiger charge is 2.11. The highest BCUT2D eigenvalue weighted by Crippen LogP contribution is 2.28. The number of carbonyl (C=O) groups is 1. The van der Waals surface area contributed by atoms with E-state index in [0.717, 1.165) is 0 Å². The van der Waals surface area contributed by atoms with E-state index in [2.05, 4.69) is 4.98 Å². The summed E-state index contributed by atoms with van der Waals surface area (Å²) in [6.07, 6.45) is 1.50. The van der Waals surface area contributed by atoms with E-state index in [-0.39, 0.29) is 10.6 Å². The number of benzene rings is 2. The van der Waals surface area contributed by atoms with Crippen LogP contribution in [0.2, 0.25) is 5.02 Å². The lowest BCUT2D eigenvalue weighted by molar-refractivity contribution is 0.0697. The SMILES string of the molecule is O=C(O)c1ccc(-c2ncc(-c3ccc(F)c(Cl)c3)o2)cc1. The molecule has 2 aromatic carbocycles. The van der Waals surface area contributed by atoms with Gasteiger partial charge in [0.2, 0.25) is 5.89 Å². The highest BCUT2D eigenvalue weighted by molar-refractivity contribution is 6.31. The first-order valence-electron chi connectivity index (χ1n) is 6.29. The summed E-state index contributed by atoms with van der Waals surface area (Å²) in [5.74, 6) is -0.721. The molecule has 0 unspecified atom stereocenters. The summed E-state index contributed by atoms with van der Waals surface area (Å²) in [4.78, 5) is 15.0. The molecule has 0 spiro atoms. The van der Waals surface area contributed by atoms with Crippen molar-refractivity contribution < 1.29 is 18.7 Å². The minimum atomic E-state index is -0.999. The summed E-state index contributed by atoms with van der Waals surface area (Å²) in [5.41, 5.74) is 1.43. The molecule has 1 N–H and O–H groups in total. The van der Waals surface area contributed by atoms with Crippen molar-refractivity contribution >= 4 is 17.6 Å². The Labute approximate surface area is 129 Å². The van der Waals surface area contributed by atoms with Gasteiger partial charge in [0, 0.05) is 11.1 Å². The fourth-order valence-corrected chi connectivity index (χ4v) is 2.13. The van der Waals surface area contributed by atoms with Gasteiger partial charge < -0.3 is 9.52 Å². The van der Waals surface area contributed by atoms with Gasteiger partial charge in [0.25, 0.3) is 0 Å². The third-order valence-electron chi connectivity index (χ3n) is 3.09. The van der Waals surface area contributed by atoms with Crippen LogP contribution in [0, 0.1) is 5.82 Å². The van der Waals surface area contributed by atoms with Crippen molar-refractivity contribution in [3.8, 4) is 22.8 Å². The molecule has 3 aromatic rings. The number of rotatable bonds is 3. The van der Waals surface area contributed by atoms with Gasteiger partial charge in [0.15, 0.2) is 5.76 Å². The van der Waals surface area contributed by atoms with E-state index >= 15 is 0 Å². The molecule has 0 saturated heterocycles. The van der Waals surface area contributed by atoms with Crippen LogP contribution in [0.1, 0.15) is 10.4 Å². The Hall–Kier alpha value is -2.66. The number of carboxylic acids is 1.